The Labute approximate surface area is 125 Å². The molecule has 0 bridgehead atoms. The van der Waals surface area contributed by atoms with Crippen molar-refractivity contribution in [1.82, 2.24) is 10.3 Å². The molecule has 0 saturated heterocycles. The van der Waals surface area contributed by atoms with E-state index in [1.54, 1.807) is 6.92 Å². The van der Waals surface area contributed by atoms with Gasteiger partial charge in [-0.3, -0.25) is 4.79 Å². The van der Waals surface area contributed by atoms with E-state index in [4.69, 9.17) is 0 Å². The molecule has 0 radical (unpaired) electrons. The van der Waals surface area contributed by atoms with Crippen LogP contribution in [0.5, 0.6) is 0 Å². The van der Waals surface area contributed by atoms with E-state index in [1.807, 2.05) is 13.1 Å². The highest BCUT2D eigenvalue weighted by atomic mass is 16.3. The SMILES string of the molecule is Cc1ccc2c(CC(=O)NCC(C)CC(C)O)c[nH]c2c1. The second kappa shape index (κ2) is 6.76. The van der Waals surface area contributed by atoms with E-state index in [0.29, 0.717) is 19.4 Å². The molecule has 114 valence electrons. The third-order valence-electron chi connectivity index (χ3n) is 3.67. The molecule has 21 heavy (non-hydrogen) atoms. The van der Waals surface area contributed by atoms with E-state index in [9.17, 15) is 9.90 Å². The van der Waals surface area contributed by atoms with Gasteiger partial charge in [-0.25, -0.2) is 0 Å². The van der Waals surface area contributed by atoms with Crippen LogP contribution in [0.3, 0.4) is 0 Å². The molecule has 0 aliphatic carbocycles. The van der Waals surface area contributed by atoms with Crippen molar-refractivity contribution < 1.29 is 9.90 Å². The van der Waals surface area contributed by atoms with E-state index < -0.39 is 0 Å². The molecule has 4 heteroatoms. The molecule has 0 saturated carbocycles. The number of nitrogens with one attached hydrogen (secondary N) is 2. The number of carbonyl (C=O) groups is 1. The average Bonchev–Trinajstić information content (AvgIpc) is 2.78. The summed E-state index contributed by atoms with van der Waals surface area (Å²) in [7, 11) is 0. The lowest BCUT2D eigenvalue weighted by Gasteiger charge is -2.14. The number of H-pyrrole nitrogens is 1. The van der Waals surface area contributed by atoms with Crippen LogP contribution in [0.25, 0.3) is 10.9 Å². The number of amides is 1. The zero-order chi connectivity index (χ0) is 15.4. The first-order valence-corrected chi connectivity index (χ1v) is 7.47. The summed E-state index contributed by atoms with van der Waals surface area (Å²) >= 11 is 0. The quantitative estimate of drug-likeness (QED) is 0.765. The minimum absolute atomic E-state index is 0.0221. The van der Waals surface area contributed by atoms with E-state index in [1.165, 1.54) is 5.56 Å². The van der Waals surface area contributed by atoms with Crippen LogP contribution < -0.4 is 5.32 Å². The predicted octanol–water partition coefficient (Wildman–Crippen LogP) is 2.54. The summed E-state index contributed by atoms with van der Waals surface area (Å²) in [6.45, 7) is 6.45. The van der Waals surface area contributed by atoms with Crippen LogP contribution in [0, 0.1) is 12.8 Å². The van der Waals surface area contributed by atoms with Crippen molar-refractivity contribution in [3.05, 3.63) is 35.5 Å². The van der Waals surface area contributed by atoms with Crippen molar-refractivity contribution in [2.45, 2.75) is 39.7 Å². The van der Waals surface area contributed by atoms with Crippen LogP contribution in [0.1, 0.15) is 31.4 Å². The van der Waals surface area contributed by atoms with Gasteiger partial charge in [-0.15, -0.1) is 0 Å². The smallest absolute Gasteiger partial charge is 0.224 e. The molecule has 3 N–H and O–H groups in total. The number of aromatic nitrogens is 1. The van der Waals surface area contributed by atoms with Crippen LogP contribution in [0.15, 0.2) is 24.4 Å². The molecular weight excluding hydrogens is 264 g/mol. The maximum Gasteiger partial charge on any atom is 0.224 e. The minimum atomic E-state index is -0.325. The predicted molar refractivity (Wildman–Crippen MR) is 85.2 cm³/mol. The van der Waals surface area contributed by atoms with Crippen molar-refractivity contribution in [2.24, 2.45) is 5.92 Å². The Morgan fingerprint density at radius 1 is 1.38 bits per heavy atom. The van der Waals surface area contributed by atoms with E-state index in [2.05, 4.69) is 35.4 Å². The molecule has 2 atom stereocenters. The number of aliphatic hydroxyl groups is 1. The third-order valence-corrected chi connectivity index (χ3v) is 3.67. The summed E-state index contributed by atoms with van der Waals surface area (Å²) in [6.07, 6.45) is 2.66. The van der Waals surface area contributed by atoms with Crippen molar-refractivity contribution in [3.63, 3.8) is 0 Å². The fraction of sp³-hybridized carbons (Fsp3) is 0.471. The molecule has 2 unspecified atom stereocenters. The Morgan fingerprint density at radius 3 is 2.86 bits per heavy atom. The number of aromatic amines is 1. The van der Waals surface area contributed by atoms with Crippen molar-refractivity contribution in [2.75, 3.05) is 6.54 Å². The number of rotatable bonds is 6. The van der Waals surface area contributed by atoms with Gasteiger partial charge in [-0.1, -0.05) is 19.1 Å². The average molecular weight is 288 g/mol. The Bertz CT molecular complexity index is 616. The maximum absolute atomic E-state index is 12.0. The summed E-state index contributed by atoms with van der Waals surface area (Å²) in [6, 6.07) is 6.20. The van der Waals surface area contributed by atoms with Crippen LogP contribution in [-0.2, 0) is 11.2 Å². The standard InChI is InChI=1S/C17H24N2O2/c1-11-4-5-15-14(10-18-16(15)7-11)8-17(21)19-9-12(2)6-13(3)20/h4-5,7,10,12-13,18,20H,6,8-9H2,1-3H3,(H,19,21). The molecule has 1 aromatic carbocycles. The lowest BCUT2D eigenvalue weighted by atomic mass is 10.0. The third kappa shape index (κ3) is 4.33. The van der Waals surface area contributed by atoms with Crippen molar-refractivity contribution >= 4 is 16.8 Å². The minimum Gasteiger partial charge on any atom is -0.393 e. The zero-order valence-electron chi connectivity index (χ0n) is 12.9. The van der Waals surface area contributed by atoms with Crippen LogP contribution in [0.4, 0.5) is 0 Å². The van der Waals surface area contributed by atoms with Gasteiger partial charge in [0, 0.05) is 23.6 Å². The topological polar surface area (TPSA) is 65.1 Å². The van der Waals surface area contributed by atoms with Gasteiger partial charge in [0.25, 0.3) is 0 Å². The molecule has 2 aromatic rings. The first-order valence-electron chi connectivity index (χ1n) is 7.47. The summed E-state index contributed by atoms with van der Waals surface area (Å²) in [5.74, 6) is 0.300. The summed E-state index contributed by atoms with van der Waals surface area (Å²) < 4.78 is 0. The second-order valence-electron chi connectivity index (χ2n) is 6.03. The Kier molecular flexibility index (Phi) is 5.02. The fourth-order valence-electron chi connectivity index (χ4n) is 2.64. The normalized spacial score (nSPS) is 14.1. The lowest BCUT2D eigenvalue weighted by molar-refractivity contribution is -0.120. The number of aryl methyl sites for hydroxylation is 1. The number of carbonyl (C=O) groups excluding carboxylic acids is 1. The number of benzene rings is 1. The first-order chi connectivity index (χ1) is 9.95. The molecule has 0 aliphatic heterocycles. The highest BCUT2D eigenvalue weighted by molar-refractivity contribution is 5.89. The monoisotopic (exact) mass is 288 g/mol. The maximum atomic E-state index is 12.0. The summed E-state index contributed by atoms with van der Waals surface area (Å²) in [5, 5.41) is 13.4. The van der Waals surface area contributed by atoms with Gasteiger partial charge in [0.15, 0.2) is 0 Å². The lowest BCUT2D eigenvalue weighted by Crippen LogP contribution is -2.30. The van der Waals surface area contributed by atoms with Crippen molar-refractivity contribution in [3.8, 4) is 0 Å². The molecule has 2 rings (SSSR count). The van der Waals surface area contributed by atoms with Gasteiger partial charge >= 0.3 is 0 Å². The molecule has 0 fully saturated rings. The molecule has 0 spiro atoms. The molecule has 4 nitrogen and oxygen atoms in total. The first kappa shape index (κ1) is 15.6. The highest BCUT2D eigenvalue weighted by Gasteiger charge is 2.11. The summed E-state index contributed by atoms with van der Waals surface area (Å²) in [4.78, 5) is 15.2. The van der Waals surface area contributed by atoms with Crippen LogP contribution >= 0.6 is 0 Å². The molecule has 1 heterocycles. The van der Waals surface area contributed by atoms with E-state index >= 15 is 0 Å². The largest absolute Gasteiger partial charge is 0.393 e. The molecule has 1 aromatic heterocycles. The Balaban J connectivity index is 1.92. The summed E-state index contributed by atoms with van der Waals surface area (Å²) in [5.41, 5.74) is 3.29. The van der Waals surface area contributed by atoms with Gasteiger partial charge in [0.05, 0.1) is 12.5 Å². The highest BCUT2D eigenvalue weighted by Crippen LogP contribution is 2.19. The molecule has 0 aliphatic rings. The Morgan fingerprint density at radius 2 is 2.14 bits per heavy atom. The number of fused-ring (bicyclic) bond motifs is 1. The van der Waals surface area contributed by atoms with Crippen LogP contribution in [-0.4, -0.2) is 28.6 Å². The van der Waals surface area contributed by atoms with Crippen molar-refractivity contribution in [1.29, 1.82) is 0 Å². The van der Waals surface area contributed by atoms with Gasteiger partial charge in [0.2, 0.25) is 5.91 Å². The number of hydrogen-bond acceptors (Lipinski definition) is 2. The van der Waals surface area contributed by atoms with Gasteiger partial charge < -0.3 is 15.4 Å². The van der Waals surface area contributed by atoms with Gasteiger partial charge in [-0.05, 0) is 43.4 Å². The second-order valence-corrected chi connectivity index (χ2v) is 6.03. The van der Waals surface area contributed by atoms with Gasteiger partial charge in [-0.2, -0.15) is 0 Å². The van der Waals surface area contributed by atoms with Gasteiger partial charge in [0.1, 0.15) is 0 Å². The van der Waals surface area contributed by atoms with Crippen LogP contribution in [0.2, 0.25) is 0 Å². The fourth-order valence-corrected chi connectivity index (χ4v) is 2.64. The van der Waals surface area contributed by atoms with E-state index in [0.717, 1.165) is 16.5 Å². The van der Waals surface area contributed by atoms with E-state index in [-0.39, 0.29) is 17.9 Å². The zero-order valence-corrected chi connectivity index (χ0v) is 12.9. The molecular formula is C17H24N2O2. The molecule has 1 amide bonds. The number of hydrogen-bond donors (Lipinski definition) is 3. The Hall–Kier alpha value is -1.81. The number of aliphatic hydroxyl groups excluding tert-OH is 1.